The van der Waals surface area contributed by atoms with Crippen LogP contribution in [-0.2, 0) is 22.4 Å². The molecule has 30 heavy (non-hydrogen) atoms. The fraction of sp³-hybridized carbons (Fsp3) is 0.708. The Balaban J connectivity index is 1.81. The van der Waals surface area contributed by atoms with Crippen LogP contribution in [-0.4, -0.2) is 54.2 Å². The second kappa shape index (κ2) is 9.15. The van der Waals surface area contributed by atoms with Gasteiger partial charge in [-0.05, 0) is 76.5 Å². The van der Waals surface area contributed by atoms with E-state index in [0.717, 1.165) is 25.3 Å². The van der Waals surface area contributed by atoms with Gasteiger partial charge in [-0.25, -0.2) is 0 Å². The van der Waals surface area contributed by atoms with Crippen molar-refractivity contribution < 1.29 is 24.5 Å². The van der Waals surface area contributed by atoms with Crippen LogP contribution in [0.15, 0.2) is 0 Å². The molecule has 0 bridgehead atoms. The first-order chi connectivity index (χ1) is 14.1. The van der Waals surface area contributed by atoms with Crippen molar-refractivity contribution in [2.24, 2.45) is 0 Å². The van der Waals surface area contributed by atoms with Crippen molar-refractivity contribution >= 4 is 11.7 Å². The Kier molecular flexibility index (Phi) is 6.98. The van der Waals surface area contributed by atoms with Crippen molar-refractivity contribution in [3.8, 4) is 5.75 Å². The second-order valence-electron chi connectivity index (χ2n) is 9.48. The van der Waals surface area contributed by atoms with Gasteiger partial charge >= 0.3 is 5.97 Å². The predicted octanol–water partition coefficient (Wildman–Crippen LogP) is 3.22. The Hall–Kier alpha value is -1.79. The van der Waals surface area contributed by atoms with E-state index in [9.17, 15) is 15.0 Å². The number of nitrogens with zero attached hydrogens (tertiary/aromatic N) is 1. The Morgan fingerprint density at radius 3 is 2.47 bits per heavy atom. The van der Waals surface area contributed by atoms with Crippen LogP contribution in [0.3, 0.4) is 0 Å². The summed E-state index contributed by atoms with van der Waals surface area (Å²) in [5.41, 5.74) is 6.14. The third-order valence-electron chi connectivity index (χ3n) is 6.47. The number of methoxy groups -OCH3 is 1. The molecule has 1 saturated heterocycles. The number of hydrogen-bond donors (Lipinski definition) is 2. The second-order valence-corrected chi connectivity index (χ2v) is 9.48. The Morgan fingerprint density at radius 1 is 1.17 bits per heavy atom. The van der Waals surface area contributed by atoms with E-state index in [1.165, 1.54) is 47.9 Å². The van der Waals surface area contributed by atoms with Crippen LogP contribution in [0.5, 0.6) is 5.75 Å². The molecule has 2 unspecified atom stereocenters. The van der Waals surface area contributed by atoms with Gasteiger partial charge in [0.05, 0.1) is 25.7 Å². The van der Waals surface area contributed by atoms with E-state index in [0.29, 0.717) is 12.8 Å². The standard InChI is InChI=1S/C24H37NO5/c1-15-19(9-8-17(26)12-18(27)13-21(28)29-5)23-20(14-24(3,4)30-23)16(2)22(15)25-10-6-7-11-25/h17-18,26-27H,6-14H2,1-5H3. The molecule has 1 fully saturated rings. The average Bonchev–Trinajstić information content (AvgIpc) is 3.29. The number of hydrogen-bond acceptors (Lipinski definition) is 6. The lowest BCUT2D eigenvalue weighted by molar-refractivity contribution is -0.143. The first-order valence-electron chi connectivity index (χ1n) is 11.1. The summed E-state index contributed by atoms with van der Waals surface area (Å²) in [6.07, 6.45) is 3.01. The summed E-state index contributed by atoms with van der Waals surface area (Å²) in [7, 11) is 1.30. The maximum Gasteiger partial charge on any atom is 0.308 e. The topological polar surface area (TPSA) is 79.2 Å². The molecule has 6 heteroatoms. The van der Waals surface area contributed by atoms with Gasteiger partial charge in [-0.1, -0.05) is 0 Å². The number of ether oxygens (including phenoxy) is 2. The lowest BCUT2D eigenvalue weighted by Crippen LogP contribution is -2.25. The highest BCUT2D eigenvalue weighted by molar-refractivity contribution is 5.71. The number of fused-ring (bicyclic) bond motifs is 1. The average molecular weight is 420 g/mol. The normalized spacial score (nSPS) is 19.4. The van der Waals surface area contributed by atoms with Gasteiger partial charge in [-0.15, -0.1) is 0 Å². The zero-order valence-electron chi connectivity index (χ0n) is 19.1. The van der Waals surface area contributed by atoms with E-state index in [-0.39, 0.29) is 18.4 Å². The molecular formula is C24H37NO5. The first-order valence-corrected chi connectivity index (χ1v) is 11.1. The summed E-state index contributed by atoms with van der Waals surface area (Å²) >= 11 is 0. The third-order valence-corrected chi connectivity index (χ3v) is 6.47. The van der Waals surface area contributed by atoms with Gasteiger partial charge in [0.1, 0.15) is 11.4 Å². The smallest absolute Gasteiger partial charge is 0.308 e. The minimum atomic E-state index is -0.896. The molecule has 1 aromatic rings. The zero-order valence-corrected chi connectivity index (χ0v) is 19.1. The van der Waals surface area contributed by atoms with Crippen molar-refractivity contribution in [3.05, 3.63) is 22.3 Å². The van der Waals surface area contributed by atoms with Crippen LogP contribution in [0.1, 0.15) is 68.2 Å². The van der Waals surface area contributed by atoms with Crippen molar-refractivity contribution in [2.45, 2.75) is 90.4 Å². The SMILES string of the molecule is COC(=O)CC(O)CC(O)CCc1c(C)c(N2CCCC2)c(C)c2c1OC(C)(C)C2. The molecule has 2 N–H and O–H groups in total. The van der Waals surface area contributed by atoms with Gasteiger partial charge in [-0.2, -0.15) is 0 Å². The maximum absolute atomic E-state index is 11.3. The van der Waals surface area contributed by atoms with E-state index < -0.39 is 18.2 Å². The van der Waals surface area contributed by atoms with E-state index in [1.807, 2.05) is 0 Å². The van der Waals surface area contributed by atoms with E-state index in [1.54, 1.807) is 0 Å². The zero-order chi connectivity index (χ0) is 22.1. The van der Waals surface area contributed by atoms with Gasteiger partial charge < -0.3 is 24.6 Å². The molecular weight excluding hydrogens is 382 g/mol. The van der Waals surface area contributed by atoms with E-state index in [4.69, 9.17) is 4.74 Å². The lowest BCUT2D eigenvalue weighted by atomic mass is 9.89. The largest absolute Gasteiger partial charge is 0.487 e. The number of benzene rings is 1. The van der Waals surface area contributed by atoms with Gasteiger partial charge in [0.2, 0.25) is 0 Å². The van der Waals surface area contributed by atoms with Crippen molar-refractivity contribution in [1.82, 2.24) is 0 Å². The molecule has 2 atom stereocenters. The Morgan fingerprint density at radius 2 is 1.83 bits per heavy atom. The van der Waals surface area contributed by atoms with Gasteiger partial charge in [0.25, 0.3) is 0 Å². The molecule has 6 nitrogen and oxygen atoms in total. The van der Waals surface area contributed by atoms with Gasteiger partial charge in [0.15, 0.2) is 0 Å². The van der Waals surface area contributed by atoms with Crippen LogP contribution in [0.25, 0.3) is 0 Å². The first kappa shape index (κ1) is 22.9. The number of aliphatic hydroxyl groups is 2. The van der Waals surface area contributed by atoms with Crippen molar-refractivity contribution in [2.75, 3.05) is 25.1 Å². The summed E-state index contributed by atoms with van der Waals surface area (Å²) in [5.74, 6) is 0.521. The monoisotopic (exact) mass is 419 g/mol. The molecule has 0 amide bonds. The number of carbonyl (C=O) groups excluding carboxylic acids is 1. The molecule has 0 radical (unpaired) electrons. The van der Waals surface area contributed by atoms with Crippen molar-refractivity contribution in [1.29, 1.82) is 0 Å². The van der Waals surface area contributed by atoms with E-state index in [2.05, 4.69) is 37.3 Å². The van der Waals surface area contributed by atoms with E-state index >= 15 is 0 Å². The molecule has 2 heterocycles. The fourth-order valence-electron chi connectivity index (χ4n) is 4.98. The fourth-order valence-corrected chi connectivity index (χ4v) is 4.98. The minimum absolute atomic E-state index is 0.0943. The molecule has 0 aromatic heterocycles. The number of aliphatic hydroxyl groups excluding tert-OH is 2. The number of esters is 1. The summed E-state index contributed by atoms with van der Waals surface area (Å²) in [5, 5.41) is 20.5. The lowest BCUT2D eigenvalue weighted by Gasteiger charge is -2.27. The predicted molar refractivity (Wildman–Crippen MR) is 117 cm³/mol. The van der Waals surface area contributed by atoms with Crippen LogP contribution in [0, 0.1) is 13.8 Å². The molecule has 168 valence electrons. The van der Waals surface area contributed by atoms with Crippen LogP contribution in [0.2, 0.25) is 0 Å². The molecule has 0 spiro atoms. The van der Waals surface area contributed by atoms with Crippen molar-refractivity contribution in [3.63, 3.8) is 0 Å². The molecule has 0 aliphatic carbocycles. The summed E-state index contributed by atoms with van der Waals surface area (Å²) in [4.78, 5) is 13.8. The summed E-state index contributed by atoms with van der Waals surface area (Å²) < 4.78 is 11.0. The number of carbonyl (C=O) groups is 1. The molecule has 1 aromatic carbocycles. The highest BCUT2D eigenvalue weighted by atomic mass is 16.5. The van der Waals surface area contributed by atoms with Gasteiger partial charge in [0, 0.05) is 30.8 Å². The van der Waals surface area contributed by atoms with Gasteiger partial charge in [-0.3, -0.25) is 4.79 Å². The van der Waals surface area contributed by atoms with Crippen LogP contribution in [0.4, 0.5) is 5.69 Å². The summed E-state index contributed by atoms with van der Waals surface area (Å²) in [6, 6.07) is 0. The number of rotatable bonds is 8. The summed E-state index contributed by atoms with van der Waals surface area (Å²) in [6.45, 7) is 10.8. The molecule has 0 saturated carbocycles. The minimum Gasteiger partial charge on any atom is -0.487 e. The maximum atomic E-state index is 11.3. The quantitative estimate of drug-likeness (QED) is 0.630. The Labute approximate surface area is 180 Å². The van der Waals surface area contributed by atoms with Crippen LogP contribution < -0.4 is 9.64 Å². The molecule has 2 aliphatic rings. The van der Waals surface area contributed by atoms with Crippen LogP contribution >= 0.6 is 0 Å². The Bertz CT molecular complexity index is 783. The molecule has 3 rings (SSSR count). The highest BCUT2D eigenvalue weighted by Gasteiger charge is 2.36. The highest BCUT2D eigenvalue weighted by Crippen LogP contribution is 2.46. The third kappa shape index (κ3) is 4.92. The molecule has 2 aliphatic heterocycles. The number of anilines is 1.